The Balaban J connectivity index is 2.28. The molecule has 0 bridgehead atoms. The van der Waals surface area contributed by atoms with Crippen molar-refractivity contribution in [3.63, 3.8) is 0 Å². The highest BCUT2D eigenvalue weighted by Crippen LogP contribution is 2.30. The molecule has 4 nitrogen and oxygen atoms in total. The van der Waals surface area contributed by atoms with Crippen LogP contribution in [0.25, 0.3) is 0 Å². The molecule has 0 aliphatic heterocycles. The number of halogens is 2. The van der Waals surface area contributed by atoms with E-state index >= 15 is 0 Å². The molecule has 0 aliphatic rings. The SMILES string of the molecule is N#Cc1ccccc1CS(=O)(=O)Nc1cccc(Cl)c1Cl. The lowest BCUT2D eigenvalue weighted by molar-refractivity contribution is 0.600. The van der Waals surface area contributed by atoms with E-state index in [2.05, 4.69) is 4.72 Å². The number of nitrogens with one attached hydrogen (secondary N) is 1. The van der Waals surface area contributed by atoms with Crippen LogP contribution >= 0.6 is 23.2 Å². The van der Waals surface area contributed by atoms with Crippen molar-refractivity contribution < 1.29 is 8.42 Å². The average Bonchev–Trinajstić information content (AvgIpc) is 2.44. The number of nitriles is 1. The number of rotatable bonds is 4. The minimum absolute atomic E-state index is 0.135. The maximum atomic E-state index is 12.2. The van der Waals surface area contributed by atoms with Crippen molar-refractivity contribution in [1.82, 2.24) is 0 Å². The van der Waals surface area contributed by atoms with Crippen molar-refractivity contribution in [2.24, 2.45) is 0 Å². The monoisotopic (exact) mass is 340 g/mol. The van der Waals surface area contributed by atoms with Gasteiger partial charge in [0.15, 0.2) is 0 Å². The van der Waals surface area contributed by atoms with Gasteiger partial charge in [0.1, 0.15) is 0 Å². The molecule has 2 rings (SSSR count). The summed E-state index contributed by atoms with van der Waals surface area (Å²) >= 11 is 11.8. The Labute approximate surface area is 133 Å². The smallest absolute Gasteiger partial charge is 0.237 e. The van der Waals surface area contributed by atoms with Crippen LogP contribution in [-0.4, -0.2) is 8.42 Å². The third-order valence-electron chi connectivity index (χ3n) is 2.70. The Morgan fingerprint density at radius 1 is 1.10 bits per heavy atom. The summed E-state index contributed by atoms with van der Waals surface area (Å²) in [5.41, 5.74) is 0.948. The lowest BCUT2D eigenvalue weighted by Gasteiger charge is -2.11. The molecular weight excluding hydrogens is 331 g/mol. The van der Waals surface area contributed by atoms with E-state index < -0.39 is 10.0 Å². The molecule has 0 aliphatic carbocycles. The van der Waals surface area contributed by atoms with E-state index in [1.54, 1.807) is 36.4 Å². The molecule has 0 aromatic heterocycles. The summed E-state index contributed by atoms with van der Waals surface area (Å²) in [6.45, 7) is 0. The van der Waals surface area contributed by atoms with Crippen LogP contribution in [0, 0.1) is 11.3 Å². The first kappa shape index (κ1) is 15.6. The highest BCUT2D eigenvalue weighted by Gasteiger charge is 2.16. The first-order chi connectivity index (χ1) is 9.93. The van der Waals surface area contributed by atoms with Gasteiger partial charge in [-0.05, 0) is 23.8 Å². The van der Waals surface area contributed by atoms with Crippen LogP contribution in [0.15, 0.2) is 42.5 Å². The molecule has 7 heteroatoms. The van der Waals surface area contributed by atoms with E-state index in [4.69, 9.17) is 28.5 Å². The lowest BCUT2D eigenvalue weighted by atomic mass is 10.1. The van der Waals surface area contributed by atoms with Crippen molar-refractivity contribution in [2.75, 3.05) is 4.72 Å². The fraction of sp³-hybridized carbons (Fsp3) is 0.0714. The molecule has 1 N–H and O–H groups in total. The van der Waals surface area contributed by atoms with Crippen LogP contribution < -0.4 is 4.72 Å². The van der Waals surface area contributed by atoms with Crippen LogP contribution in [0.4, 0.5) is 5.69 Å². The summed E-state index contributed by atoms with van der Waals surface area (Å²) in [6, 6.07) is 13.2. The Morgan fingerprint density at radius 3 is 2.52 bits per heavy atom. The van der Waals surface area contributed by atoms with E-state index in [1.807, 2.05) is 6.07 Å². The maximum Gasteiger partial charge on any atom is 0.237 e. The third kappa shape index (κ3) is 3.88. The largest absolute Gasteiger partial charge is 0.282 e. The fourth-order valence-electron chi connectivity index (χ4n) is 1.75. The van der Waals surface area contributed by atoms with Crippen molar-refractivity contribution in [1.29, 1.82) is 5.26 Å². The fourth-order valence-corrected chi connectivity index (χ4v) is 3.39. The Morgan fingerprint density at radius 2 is 1.81 bits per heavy atom. The van der Waals surface area contributed by atoms with Gasteiger partial charge in [0.05, 0.1) is 33.1 Å². The summed E-state index contributed by atoms with van der Waals surface area (Å²) in [5, 5.41) is 9.38. The van der Waals surface area contributed by atoms with Crippen LogP contribution in [-0.2, 0) is 15.8 Å². The van der Waals surface area contributed by atoms with Crippen molar-refractivity contribution in [3.05, 3.63) is 63.6 Å². The molecule has 108 valence electrons. The predicted molar refractivity (Wildman–Crippen MR) is 83.9 cm³/mol. The first-order valence-corrected chi connectivity index (χ1v) is 8.26. The quantitative estimate of drug-likeness (QED) is 0.919. The summed E-state index contributed by atoms with van der Waals surface area (Å²) in [6.07, 6.45) is 0. The topological polar surface area (TPSA) is 70.0 Å². The molecule has 2 aromatic carbocycles. The maximum absolute atomic E-state index is 12.2. The molecule has 0 heterocycles. The van der Waals surface area contributed by atoms with E-state index in [0.29, 0.717) is 11.1 Å². The summed E-state index contributed by atoms with van der Waals surface area (Å²) in [7, 11) is -3.70. The molecular formula is C14H10Cl2N2O2S. The van der Waals surface area contributed by atoms with Gasteiger partial charge in [-0.2, -0.15) is 5.26 Å². The number of anilines is 1. The van der Waals surface area contributed by atoms with Gasteiger partial charge < -0.3 is 0 Å². The summed E-state index contributed by atoms with van der Waals surface area (Å²) in [5.74, 6) is -0.320. The van der Waals surface area contributed by atoms with Gasteiger partial charge in [-0.3, -0.25) is 4.72 Å². The second kappa shape index (κ2) is 6.35. The second-order valence-electron chi connectivity index (χ2n) is 4.23. The minimum Gasteiger partial charge on any atom is -0.282 e. The van der Waals surface area contributed by atoms with E-state index in [0.717, 1.165) is 0 Å². The number of hydrogen-bond acceptors (Lipinski definition) is 3. The van der Waals surface area contributed by atoms with Gasteiger partial charge >= 0.3 is 0 Å². The molecule has 2 aromatic rings. The van der Waals surface area contributed by atoms with Crippen LogP contribution in [0.3, 0.4) is 0 Å². The van der Waals surface area contributed by atoms with Gasteiger partial charge in [0.2, 0.25) is 10.0 Å². The van der Waals surface area contributed by atoms with Crippen molar-refractivity contribution in [3.8, 4) is 6.07 Å². The summed E-state index contributed by atoms with van der Waals surface area (Å²) in [4.78, 5) is 0. The van der Waals surface area contributed by atoms with Gasteiger partial charge in [0, 0.05) is 0 Å². The highest BCUT2D eigenvalue weighted by atomic mass is 35.5. The van der Waals surface area contributed by atoms with Gasteiger partial charge in [-0.25, -0.2) is 8.42 Å². The number of hydrogen-bond donors (Lipinski definition) is 1. The normalized spacial score (nSPS) is 10.9. The zero-order chi connectivity index (χ0) is 15.5. The number of sulfonamides is 1. The lowest BCUT2D eigenvalue weighted by Crippen LogP contribution is -2.16. The number of benzene rings is 2. The standard InChI is InChI=1S/C14H10Cl2N2O2S/c15-12-6-3-7-13(14(12)16)18-21(19,20)9-11-5-2-1-4-10(11)8-17/h1-7,18H,9H2. The predicted octanol–water partition coefficient (Wildman–Crippen LogP) is 3.81. The zero-order valence-corrected chi connectivity index (χ0v) is 13.0. The molecule has 0 fully saturated rings. The highest BCUT2D eigenvalue weighted by molar-refractivity contribution is 7.91. The van der Waals surface area contributed by atoms with E-state index in [9.17, 15) is 8.42 Å². The zero-order valence-electron chi connectivity index (χ0n) is 10.7. The Bertz CT molecular complexity index is 814. The van der Waals surface area contributed by atoms with E-state index in [1.165, 1.54) is 6.07 Å². The molecule has 0 atom stereocenters. The van der Waals surface area contributed by atoms with Gasteiger partial charge in [-0.15, -0.1) is 0 Å². The van der Waals surface area contributed by atoms with Gasteiger partial charge in [0.25, 0.3) is 0 Å². The van der Waals surface area contributed by atoms with E-state index in [-0.39, 0.29) is 21.5 Å². The first-order valence-electron chi connectivity index (χ1n) is 5.85. The summed E-state index contributed by atoms with van der Waals surface area (Å²) < 4.78 is 26.7. The van der Waals surface area contributed by atoms with Crippen LogP contribution in [0.1, 0.15) is 11.1 Å². The molecule has 0 saturated carbocycles. The van der Waals surface area contributed by atoms with Crippen LogP contribution in [0.2, 0.25) is 10.0 Å². The van der Waals surface area contributed by atoms with Crippen LogP contribution in [0.5, 0.6) is 0 Å². The third-order valence-corrected chi connectivity index (χ3v) is 4.74. The number of nitrogens with zero attached hydrogens (tertiary/aromatic N) is 1. The molecule has 0 amide bonds. The molecule has 0 saturated heterocycles. The van der Waals surface area contributed by atoms with Crippen molar-refractivity contribution >= 4 is 38.9 Å². The molecule has 0 radical (unpaired) electrons. The minimum atomic E-state index is -3.70. The van der Waals surface area contributed by atoms with Gasteiger partial charge in [-0.1, -0.05) is 47.5 Å². The Kier molecular flexibility index (Phi) is 4.73. The molecule has 0 unspecified atom stereocenters. The van der Waals surface area contributed by atoms with Crippen molar-refractivity contribution in [2.45, 2.75) is 5.75 Å². The molecule has 0 spiro atoms. The Hall–Kier alpha value is -1.74. The average molecular weight is 341 g/mol. The second-order valence-corrected chi connectivity index (χ2v) is 6.74. The molecule has 21 heavy (non-hydrogen) atoms.